The van der Waals surface area contributed by atoms with E-state index in [1.807, 2.05) is 0 Å². The predicted molar refractivity (Wildman–Crippen MR) is 42.4 cm³/mol. The lowest BCUT2D eigenvalue weighted by Gasteiger charge is -2.12. The number of pyridine rings is 1. The van der Waals surface area contributed by atoms with Crippen LogP contribution in [-0.4, -0.2) is 18.7 Å². The van der Waals surface area contributed by atoms with E-state index in [1.54, 1.807) is 0 Å². The van der Waals surface area contributed by atoms with Crippen LogP contribution in [0.5, 0.6) is 11.8 Å². The van der Waals surface area contributed by atoms with Gasteiger partial charge in [-0.3, -0.25) is 0 Å². The van der Waals surface area contributed by atoms with Gasteiger partial charge in [-0.2, -0.15) is 26.9 Å². The lowest BCUT2D eigenvalue weighted by Crippen LogP contribution is -2.13. The summed E-state index contributed by atoms with van der Waals surface area (Å²) < 4.78 is 68.9. The molecule has 0 aliphatic carbocycles. The van der Waals surface area contributed by atoms with E-state index < -0.39 is 24.2 Å². The van der Waals surface area contributed by atoms with Crippen LogP contribution in [-0.2, 0) is 6.18 Å². The minimum atomic E-state index is -4.82. The monoisotopic (exact) mass is 243 g/mol. The van der Waals surface area contributed by atoms with Crippen molar-refractivity contribution >= 4 is 0 Å². The third-order valence-electron chi connectivity index (χ3n) is 1.55. The molecular formula is C8H6F5NO2. The van der Waals surface area contributed by atoms with Crippen molar-refractivity contribution in [1.29, 1.82) is 0 Å². The number of halogens is 5. The molecule has 8 heteroatoms. The normalized spacial score (nSPS) is 11.7. The molecule has 0 fully saturated rings. The van der Waals surface area contributed by atoms with E-state index in [4.69, 9.17) is 0 Å². The van der Waals surface area contributed by atoms with Crippen molar-refractivity contribution < 1.29 is 31.4 Å². The van der Waals surface area contributed by atoms with Crippen LogP contribution in [0.25, 0.3) is 0 Å². The molecule has 0 spiro atoms. The molecule has 0 N–H and O–H groups in total. The first kappa shape index (κ1) is 12.5. The second-order valence-electron chi connectivity index (χ2n) is 2.58. The molecule has 0 aliphatic heterocycles. The van der Waals surface area contributed by atoms with Crippen molar-refractivity contribution in [3.8, 4) is 11.8 Å². The highest BCUT2D eigenvalue weighted by Gasteiger charge is 2.36. The molecular weight excluding hydrogens is 237 g/mol. The van der Waals surface area contributed by atoms with Crippen LogP contribution >= 0.6 is 0 Å². The summed E-state index contributed by atoms with van der Waals surface area (Å²) in [5, 5.41) is 0. The van der Waals surface area contributed by atoms with Crippen LogP contribution in [0.4, 0.5) is 22.0 Å². The molecule has 0 saturated heterocycles. The minimum absolute atomic E-state index is 0.247. The molecule has 0 unspecified atom stereocenters. The molecule has 1 aromatic heterocycles. The van der Waals surface area contributed by atoms with Gasteiger partial charge < -0.3 is 9.47 Å². The van der Waals surface area contributed by atoms with Crippen LogP contribution in [0.3, 0.4) is 0 Å². The van der Waals surface area contributed by atoms with Crippen LogP contribution in [0.2, 0.25) is 0 Å². The number of nitrogens with zero attached hydrogens (tertiary/aromatic N) is 1. The van der Waals surface area contributed by atoms with Gasteiger partial charge in [-0.05, 0) is 6.07 Å². The van der Waals surface area contributed by atoms with Gasteiger partial charge in [-0.25, -0.2) is 0 Å². The summed E-state index contributed by atoms with van der Waals surface area (Å²) in [6.07, 6.45) is -4.82. The summed E-state index contributed by atoms with van der Waals surface area (Å²) in [4.78, 5) is 3.15. The van der Waals surface area contributed by atoms with Crippen LogP contribution in [0.15, 0.2) is 12.1 Å². The number of aromatic nitrogens is 1. The molecule has 0 aliphatic rings. The van der Waals surface area contributed by atoms with Gasteiger partial charge in [0.2, 0.25) is 11.8 Å². The molecule has 16 heavy (non-hydrogen) atoms. The van der Waals surface area contributed by atoms with E-state index in [0.29, 0.717) is 6.07 Å². The topological polar surface area (TPSA) is 31.4 Å². The van der Waals surface area contributed by atoms with Crippen molar-refractivity contribution in [1.82, 2.24) is 4.98 Å². The summed E-state index contributed by atoms with van der Waals surface area (Å²) in [5.41, 5.74) is -1.38. The fourth-order valence-electron chi connectivity index (χ4n) is 0.927. The summed E-state index contributed by atoms with van der Waals surface area (Å²) in [6.45, 7) is -3.39. The van der Waals surface area contributed by atoms with Crippen molar-refractivity contribution in [2.45, 2.75) is 12.8 Å². The molecule has 0 radical (unpaired) electrons. The Bertz CT molecular complexity index is 366. The highest BCUT2D eigenvalue weighted by atomic mass is 19.4. The molecule has 0 atom stereocenters. The van der Waals surface area contributed by atoms with E-state index in [2.05, 4.69) is 14.5 Å². The number of rotatable bonds is 3. The predicted octanol–water partition coefficient (Wildman–Crippen LogP) is 2.71. The Morgan fingerprint density at radius 1 is 1.25 bits per heavy atom. The maximum absolute atomic E-state index is 12.3. The third-order valence-corrected chi connectivity index (χ3v) is 1.55. The SMILES string of the molecule is COc1ccc(C(F)(F)F)c(OC(F)F)n1. The Labute approximate surface area is 86.8 Å². The molecule has 3 nitrogen and oxygen atoms in total. The van der Waals surface area contributed by atoms with Gasteiger partial charge in [0.05, 0.1) is 7.11 Å². The number of methoxy groups -OCH3 is 1. The highest BCUT2D eigenvalue weighted by molar-refractivity contribution is 5.33. The maximum atomic E-state index is 12.3. The summed E-state index contributed by atoms with van der Waals surface area (Å²) in [7, 11) is 1.14. The van der Waals surface area contributed by atoms with E-state index in [0.717, 1.165) is 13.2 Å². The Morgan fingerprint density at radius 2 is 1.88 bits per heavy atom. The van der Waals surface area contributed by atoms with Gasteiger partial charge in [-0.15, -0.1) is 0 Å². The average Bonchev–Trinajstić information content (AvgIpc) is 2.14. The van der Waals surface area contributed by atoms with Gasteiger partial charge >= 0.3 is 12.8 Å². The van der Waals surface area contributed by atoms with Gasteiger partial charge in [0, 0.05) is 6.07 Å². The molecule has 0 bridgehead atoms. The first-order chi connectivity index (χ1) is 7.34. The summed E-state index contributed by atoms with van der Waals surface area (Å²) >= 11 is 0. The second kappa shape index (κ2) is 4.50. The molecule has 0 amide bonds. The zero-order valence-electron chi connectivity index (χ0n) is 7.89. The van der Waals surface area contributed by atoms with Crippen LogP contribution in [0, 0.1) is 0 Å². The standard InChI is InChI=1S/C8H6F5NO2/c1-15-5-3-2-4(8(11,12)13)6(14-5)16-7(9)10/h2-3,7H,1H3. The number of hydrogen-bond donors (Lipinski definition) is 0. The highest BCUT2D eigenvalue weighted by Crippen LogP contribution is 2.36. The Kier molecular flexibility index (Phi) is 3.51. The zero-order chi connectivity index (χ0) is 12.3. The number of ether oxygens (including phenoxy) is 2. The van der Waals surface area contributed by atoms with Gasteiger partial charge in [0.15, 0.2) is 0 Å². The van der Waals surface area contributed by atoms with Gasteiger partial charge in [-0.1, -0.05) is 0 Å². The van der Waals surface area contributed by atoms with E-state index >= 15 is 0 Å². The Balaban J connectivity index is 3.16. The maximum Gasteiger partial charge on any atom is 0.421 e. The number of alkyl halides is 5. The fourth-order valence-corrected chi connectivity index (χ4v) is 0.927. The number of hydrogen-bond acceptors (Lipinski definition) is 3. The van der Waals surface area contributed by atoms with Crippen molar-refractivity contribution in [3.63, 3.8) is 0 Å². The Hall–Kier alpha value is -1.60. The van der Waals surface area contributed by atoms with E-state index in [-0.39, 0.29) is 5.88 Å². The van der Waals surface area contributed by atoms with Gasteiger partial charge in [0.25, 0.3) is 0 Å². The minimum Gasteiger partial charge on any atom is -0.481 e. The van der Waals surface area contributed by atoms with Crippen LogP contribution in [0.1, 0.15) is 5.56 Å². The molecule has 90 valence electrons. The molecule has 1 aromatic rings. The largest absolute Gasteiger partial charge is 0.481 e. The smallest absolute Gasteiger partial charge is 0.421 e. The Morgan fingerprint density at radius 3 is 2.31 bits per heavy atom. The van der Waals surface area contributed by atoms with Crippen LogP contribution < -0.4 is 9.47 Å². The molecule has 1 heterocycles. The van der Waals surface area contributed by atoms with E-state index in [9.17, 15) is 22.0 Å². The third kappa shape index (κ3) is 2.94. The summed E-state index contributed by atoms with van der Waals surface area (Å²) in [5.74, 6) is -1.45. The van der Waals surface area contributed by atoms with Crippen molar-refractivity contribution in [2.75, 3.05) is 7.11 Å². The first-order valence-corrected chi connectivity index (χ1v) is 3.91. The molecule has 1 rings (SSSR count). The quantitative estimate of drug-likeness (QED) is 0.765. The fraction of sp³-hybridized carbons (Fsp3) is 0.375. The average molecular weight is 243 g/mol. The summed E-state index contributed by atoms with van der Waals surface area (Å²) in [6, 6.07) is 1.46. The van der Waals surface area contributed by atoms with Crippen molar-refractivity contribution in [3.05, 3.63) is 17.7 Å². The lowest BCUT2D eigenvalue weighted by molar-refractivity contribution is -0.142. The van der Waals surface area contributed by atoms with Crippen molar-refractivity contribution in [2.24, 2.45) is 0 Å². The second-order valence-corrected chi connectivity index (χ2v) is 2.58. The zero-order valence-corrected chi connectivity index (χ0v) is 7.89. The molecule has 0 aromatic carbocycles. The first-order valence-electron chi connectivity index (χ1n) is 3.91. The molecule has 0 saturated carbocycles. The van der Waals surface area contributed by atoms with E-state index in [1.165, 1.54) is 0 Å². The van der Waals surface area contributed by atoms with Gasteiger partial charge in [0.1, 0.15) is 5.56 Å². The lowest BCUT2D eigenvalue weighted by atomic mass is 10.2.